The van der Waals surface area contributed by atoms with Gasteiger partial charge in [-0.05, 0) is 53.7 Å². The standard InChI is InChI=1S/C20H22N2OS2/c1-20(2,3)13-6-8-15-16(12-21)19(25-17(15)11-13)22-18(23)9-7-14-5-4-10-24-14/h4-5,7,9-10,13H,6,8,11H2,1-3H3,(H,22,23)/b9-7-. The molecule has 0 fully saturated rings. The number of hydrogen-bond acceptors (Lipinski definition) is 4. The first-order valence-corrected chi connectivity index (χ1v) is 10.2. The molecule has 1 atom stereocenters. The number of nitrogens with zero attached hydrogens (tertiary/aromatic N) is 1. The van der Waals surface area contributed by atoms with Crippen molar-refractivity contribution in [3.05, 3.63) is 44.5 Å². The lowest BCUT2D eigenvalue weighted by molar-refractivity contribution is -0.111. The lowest BCUT2D eigenvalue weighted by Crippen LogP contribution is -2.26. The van der Waals surface area contributed by atoms with Gasteiger partial charge in [-0.15, -0.1) is 22.7 Å². The second-order valence-corrected chi connectivity index (χ2v) is 9.55. The Hall–Kier alpha value is -1.90. The molecule has 2 heterocycles. The maximum Gasteiger partial charge on any atom is 0.249 e. The molecule has 1 aliphatic carbocycles. The lowest BCUT2D eigenvalue weighted by atomic mass is 9.72. The minimum Gasteiger partial charge on any atom is -0.313 e. The van der Waals surface area contributed by atoms with Gasteiger partial charge in [-0.3, -0.25) is 4.79 Å². The summed E-state index contributed by atoms with van der Waals surface area (Å²) < 4.78 is 0. The van der Waals surface area contributed by atoms with Crippen molar-refractivity contribution >= 4 is 39.7 Å². The number of nitrogens with one attached hydrogen (secondary N) is 1. The van der Waals surface area contributed by atoms with Crippen LogP contribution in [-0.4, -0.2) is 5.91 Å². The topological polar surface area (TPSA) is 52.9 Å². The predicted molar refractivity (Wildman–Crippen MR) is 106 cm³/mol. The Balaban J connectivity index is 1.78. The molecule has 1 aliphatic rings. The van der Waals surface area contributed by atoms with E-state index >= 15 is 0 Å². The number of fused-ring (bicyclic) bond motifs is 1. The van der Waals surface area contributed by atoms with E-state index in [0.717, 1.165) is 29.7 Å². The summed E-state index contributed by atoms with van der Waals surface area (Å²) in [4.78, 5) is 14.5. The van der Waals surface area contributed by atoms with Gasteiger partial charge in [0.15, 0.2) is 0 Å². The van der Waals surface area contributed by atoms with Gasteiger partial charge in [-0.25, -0.2) is 0 Å². The molecule has 25 heavy (non-hydrogen) atoms. The SMILES string of the molecule is CC(C)(C)C1CCc2c(sc(NC(=O)/C=C\c3cccs3)c2C#N)C1. The smallest absolute Gasteiger partial charge is 0.249 e. The number of amides is 1. The van der Waals surface area contributed by atoms with Crippen LogP contribution in [0, 0.1) is 22.7 Å². The second-order valence-electron chi connectivity index (χ2n) is 7.46. The Morgan fingerprint density at radius 1 is 1.44 bits per heavy atom. The minimum atomic E-state index is -0.184. The van der Waals surface area contributed by atoms with Gasteiger partial charge in [0.05, 0.1) is 5.56 Å². The van der Waals surface area contributed by atoms with E-state index in [0.29, 0.717) is 16.5 Å². The molecule has 0 saturated carbocycles. The first-order valence-electron chi connectivity index (χ1n) is 8.45. The van der Waals surface area contributed by atoms with Crippen LogP contribution in [0.3, 0.4) is 0 Å². The normalized spacial score (nSPS) is 17.3. The molecular formula is C20H22N2OS2. The number of carbonyl (C=O) groups is 1. The number of nitriles is 1. The van der Waals surface area contributed by atoms with Crippen molar-refractivity contribution in [1.82, 2.24) is 0 Å². The van der Waals surface area contributed by atoms with Gasteiger partial charge in [0.2, 0.25) is 5.91 Å². The second kappa shape index (κ2) is 7.15. The molecule has 0 radical (unpaired) electrons. The minimum absolute atomic E-state index is 0.184. The summed E-state index contributed by atoms with van der Waals surface area (Å²) in [6.07, 6.45) is 6.36. The van der Waals surface area contributed by atoms with Crippen LogP contribution < -0.4 is 5.32 Å². The molecular weight excluding hydrogens is 348 g/mol. The van der Waals surface area contributed by atoms with E-state index in [1.807, 2.05) is 17.5 Å². The fraction of sp³-hybridized carbons (Fsp3) is 0.400. The van der Waals surface area contributed by atoms with E-state index in [1.165, 1.54) is 11.0 Å². The van der Waals surface area contributed by atoms with Crippen molar-refractivity contribution in [1.29, 1.82) is 5.26 Å². The zero-order valence-corrected chi connectivity index (χ0v) is 16.4. The summed E-state index contributed by atoms with van der Waals surface area (Å²) in [6, 6.07) is 6.22. The predicted octanol–water partition coefficient (Wildman–Crippen LogP) is 5.48. The molecule has 0 saturated heterocycles. The van der Waals surface area contributed by atoms with Crippen LogP contribution in [-0.2, 0) is 17.6 Å². The van der Waals surface area contributed by atoms with E-state index in [9.17, 15) is 10.1 Å². The van der Waals surface area contributed by atoms with Crippen molar-refractivity contribution in [2.45, 2.75) is 40.0 Å². The van der Waals surface area contributed by atoms with Crippen LogP contribution in [0.2, 0.25) is 0 Å². The fourth-order valence-electron chi connectivity index (χ4n) is 3.23. The number of rotatable bonds is 3. The molecule has 0 bridgehead atoms. The first kappa shape index (κ1) is 17.9. The summed E-state index contributed by atoms with van der Waals surface area (Å²) >= 11 is 3.16. The molecule has 5 heteroatoms. The third kappa shape index (κ3) is 4.02. The van der Waals surface area contributed by atoms with Crippen LogP contribution >= 0.6 is 22.7 Å². The summed E-state index contributed by atoms with van der Waals surface area (Å²) in [5.41, 5.74) is 2.07. The summed E-state index contributed by atoms with van der Waals surface area (Å²) in [7, 11) is 0. The Bertz CT molecular complexity index is 832. The molecule has 0 spiro atoms. The van der Waals surface area contributed by atoms with Gasteiger partial charge in [0.1, 0.15) is 11.1 Å². The highest BCUT2D eigenvalue weighted by Crippen LogP contribution is 2.43. The van der Waals surface area contributed by atoms with E-state index in [4.69, 9.17) is 0 Å². The highest BCUT2D eigenvalue weighted by atomic mass is 32.1. The van der Waals surface area contributed by atoms with Crippen LogP contribution in [0.5, 0.6) is 0 Å². The van der Waals surface area contributed by atoms with Gasteiger partial charge in [-0.1, -0.05) is 26.8 Å². The zero-order valence-electron chi connectivity index (χ0n) is 14.8. The molecule has 2 aromatic rings. The number of anilines is 1. The maximum absolute atomic E-state index is 12.2. The monoisotopic (exact) mass is 370 g/mol. The highest BCUT2D eigenvalue weighted by Gasteiger charge is 2.32. The average Bonchev–Trinajstić information content (AvgIpc) is 3.18. The van der Waals surface area contributed by atoms with E-state index < -0.39 is 0 Å². The fourth-order valence-corrected chi connectivity index (χ4v) is 5.13. The van der Waals surface area contributed by atoms with Crippen molar-refractivity contribution in [2.24, 2.45) is 11.3 Å². The molecule has 1 amide bonds. The summed E-state index contributed by atoms with van der Waals surface area (Å²) in [5, 5.41) is 15.2. The van der Waals surface area contributed by atoms with Gasteiger partial charge < -0.3 is 5.32 Å². The molecule has 0 aromatic carbocycles. The summed E-state index contributed by atoms with van der Waals surface area (Å²) in [5.74, 6) is 0.434. The van der Waals surface area contributed by atoms with Crippen LogP contribution in [0.25, 0.3) is 6.08 Å². The molecule has 0 aliphatic heterocycles. The third-order valence-corrected chi connectivity index (χ3v) is 6.79. The maximum atomic E-state index is 12.2. The van der Waals surface area contributed by atoms with Crippen LogP contribution in [0.15, 0.2) is 23.6 Å². The molecule has 2 aromatic heterocycles. The largest absolute Gasteiger partial charge is 0.313 e. The molecule has 130 valence electrons. The zero-order chi connectivity index (χ0) is 18.0. The lowest BCUT2D eigenvalue weighted by Gasteiger charge is -2.33. The van der Waals surface area contributed by atoms with E-state index in [2.05, 4.69) is 32.2 Å². The van der Waals surface area contributed by atoms with Crippen molar-refractivity contribution < 1.29 is 4.79 Å². The molecule has 3 rings (SSSR count). The molecule has 1 N–H and O–H groups in total. The Kier molecular flexibility index (Phi) is 5.12. The molecule has 3 nitrogen and oxygen atoms in total. The highest BCUT2D eigenvalue weighted by molar-refractivity contribution is 7.16. The van der Waals surface area contributed by atoms with Gasteiger partial charge in [0, 0.05) is 15.8 Å². The summed E-state index contributed by atoms with van der Waals surface area (Å²) in [6.45, 7) is 6.83. The molecule has 1 unspecified atom stereocenters. The number of carbonyl (C=O) groups excluding carboxylic acids is 1. The van der Waals surface area contributed by atoms with Crippen LogP contribution in [0.4, 0.5) is 5.00 Å². The van der Waals surface area contributed by atoms with Gasteiger partial charge in [-0.2, -0.15) is 5.26 Å². The first-order chi connectivity index (χ1) is 11.9. The van der Waals surface area contributed by atoms with Crippen molar-refractivity contribution in [2.75, 3.05) is 5.32 Å². The number of hydrogen-bond donors (Lipinski definition) is 1. The Labute approximate surface area is 157 Å². The number of thiophene rings is 2. The van der Waals surface area contributed by atoms with Crippen molar-refractivity contribution in [3.63, 3.8) is 0 Å². The third-order valence-electron chi connectivity index (χ3n) is 4.78. The Morgan fingerprint density at radius 2 is 2.24 bits per heavy atom. The quantitative estimate of drug-likeness (QED) is 0.727. The van der Waals surface area contributed by atoms with Crippen molar-refractivity contribution in [3.8, 4) is 6.07 Å². The van der Waals surface area contributed by atoms with Gasteiger partial charge in [0.25, 0.3) is 0 Å². The Morgan fingerprint density at radius 3 is 2.88 bits per heavy atom. The average molecular weight is 371 g/mol. The van der Waals surface area contributed by atoms with Crippen LogP contribution in [0.1, 0.15) is 48.1 Å². The van der Waals surface area contributed by atoms with E-state index in [-0.39, 0.29) is 11.3 Å². The van der Waals surface area contributed by atoms with E-state index in [1.54, 1.807) is 28.7 Å². The van der Waals surface area contributed by atoms with Gasteiger partial charge >= 0.3 is 0 Å².